The van der Waals surface area contributed by atoms with Gasteiger partial charge in [0.15, 0.2) is 0 Å². The van der Waals surface area contributed by atoms with Crippen molar-refractivity contribution in [3.05, 3.63) is 63.6 Å². The molecule has 0 fully saturated rings. The van der Waals surface area contributed by atoms with E-state index >= 15 is 0 Å². The first-order valence-corrected chi connectivity index (χ1v) is 13.6. The number of amides is 2. The van der Waals surface area contributed by atoms with Crippen molar-refractivity contribution < 1.29 is 18.0 Å². The van der Waals surface area contributed by atoms with Gasteiger partial charge in [0.2, 0.25) is 21.8 Å². The lowest BCUT2D eigenvalue weighted by Gasteiger charge is -2.33. The summed E-state index contributed by atoms with van der Waals surface area (Å²) < 4.78 is 26.2. The van der Waals surface area contributed by atoms with Gasteiger partial charge in [0.1, 0.15) is 12.6 Å². The maximum Gasteiger partial charge on any atom is 0.244 e. The molecule has 0 saturated carbocycles. The van der Waals surface area contributed by atoms with Crippen LogP contribution < -0.4 is 9.62 Å². The smallest absolute Gasteiger partial charge is 0.244 e. The number of sulfonamides is 1. The van der Waals surface area contributed by atoms with E-state index in [1.54, 1.807) is 0 Å². The van der Waals surface area contributed by atoms with Gasteiger partial charge in [0.05, 0.1) is 22.0 Å². The van der Waals surface area contributed by atoms with Crippen LogP contribution in [0.1, 0.15) is 37.8 Å². The normalized spacial score (nSPS) is 12.2. The van der Waals surface area contributed by atoms with Gasteiger partial charge in [-0.2, -0.15) is 0 Å². The lowest BCUT2D eigenvalue weighted by atomic mass is 10.1. The van der Waals surface area contributed by atoms with E-state index in [1.807, 2.05) is 45.0 Å². The summed E-state index contributed by atoms with van der Waals surface area (Å²) in [6.45, 7) is 5.87. The molecule has 186 valence electrons. The summed E-state index contributed by atoms with van der Waals surface area (Å²) in [5.74, 6) is -0.776. The lowest BCUT2D eigenvalue weighted by Crippen LogP contribution is -2.52. The summed E-state index contributed by atoms with van der Waals surface area (Å²) in [5.41, 5.74) is 2.07. The Morgan fingerprint density at radius 1 is 1.06 bits per heavy atom. The molecular formula is C24H31Cl2N3O4S. The number of hydrogen-bond donors (Lipinski definition) is 1. The second-order valence-corrected chi connectivity index (χ2v) is 10.8. The molecular weight excluding hydrogens is 497 g/mol. The molecule has 2 aromatic rings. The molecule has 2 amide bonds. The van der Waals surface area contributed by atoms with Crippen LogP contribution in [-0.4, -0.2) is 50.5 Å². The number of carbonyl (C=O) groups is 2. The summed E-state index contributed by atoms with van der Waals surface area (Å²) in [6.07, 6.45) is 2.14. The maximum absolute atomic E-state index is 13.6. The zero-order valence-electron chi connectivity index (χ0n) is 19.8. The second kappa shape index (κ2) is 12.4. The first-order valence-electron chi connectivity index (χ1n) is 11.0. The molecule has 2 rings (SSSR count). The van der Waals surface area contributed by atoms with E-state index in [4.69, 9.17) is 23.2 Å². The van der Waals surface area contributed by atoms with Crippen LogP contribution in [0, 0.1) is 6.92 Å². The highest BCUT2D eigenvalue weighted by Gasteiger charge is 2.31. The average Bonchev–Trinajstić information content (AvgIpc) is 2.77. The van der Waals surface area contributed by atoms with E-state index in [2.05, 4.69) is 5.32 Å². The highest BCUT2D eigenvalue weighted by Crippen LogP contribution is 2.28. The third-order valence-corrected chi connectivity index (χ3v) is 7.12. The molecule has 0 aliphatic heterocycles. The van der Waals surface area contributed by atoms with Crippen LogP contribution in [0.5, 0.6) is 0 Å². The SMILES string of the molecule is CCCNC(=O)[C@H](CC)N(Cc1cccc(C)c1)C(=O)CN(c1ccc(Cl)c(Cl)c1)S(C)(=O)=O. The van der Waals surface area contributed by atoms with Crippen molar-refractivity contribution in [2.75, 3.05) is 23.7 Å². The molecule has 1 atom stereocenters. The van der Waals surface area contributed by atoms with Crippen molar-refractivity contribution in [3.63, 3.8) is 0 Å². The third kappa shape index (κ3) is 7.61. The minimum Gasteiger partial charge on any atom is -0.354 e. The molecule has 2 aromatic carbocycles. The van der Waals surface area contributed by atoms with Crippen molar-refractivity contribution >= 4 is 50.7 Å². The van der Waals surface area contributed by atoms with E-state index in [1.165, 1.54) is 23.1 Å². The molecule has 0 radical (unpaired) electrons. The van der Waals surface area contributed by atoms with E-state index in [9.17, 15) is 18.0 Å². The van der Waals surface area contributed by atoms with Crippen LogP contribution in [0.15, 0.2) is 42.5 Å². The lowest BCUT2D eigenvalue weighted by molar-refractivity contribution is -0.140. The Balaban J connectivity index is 2.44. The van der Waals surface area contributed by atoms with Crippen LogP contribution in [0.4, 0.5) is 5.69 Å². The van der Waals surface area contributed by atoms with E-state index in [0.717, 1.165) is 28.1 Å². The molecule has 0 saturated heterocycles. The zero-order valence-corrected chi connectivity index (χ0v) is 22.2. The molecule has 0 bridgehead atoms. The fourth-order valence-electron chi connectivity index (χ4n) is 3.55. The topological polar surface area (TPSA) is 86.8 Å². The van der Waals surface area contributed by atoms with Crippen LogP contribution >= 0.6 is 23.2 Å². The predicted molar refractivity (Wildman–Crippen MR) is 138 cm³/mol. The molecule has 7 nitrogen and oxygen atoms in total. The summed E-state index contributed by atoms with van der Waals surface area (Å²) in [4.78, 5) is 27.9. The summed E-state index contributed by atoms with van der Waals surface area (Å²) in [7, 11) is -3.84. The van der Waals surface area contributed by atoms with Crippen LogP contribution in [0.3, 0.4) is 0 Å². The molecule has 10 heteroatoms. The first kappa shape index (κ1) is 28.0. The number of benzene rings is 2. The largest absolute Gasteiger partial charge is 0.354 e. The Morgan fingerprint density at radius 3 is 2.32 bits per heavy atom. The van der Waals surface area contributed by atoms with Gasteiger partial charge >= 0.3 is 0 Å². The number of halogens is 2. The van der Waals surface area contributed by atoms with Crippen LogP contribution in [-0.2, 0) is 26.2 Å². The summed E-state index contributed by atoms with van der Waals surface area (Å²) in [5, 5.41) is 3.29. The molecule has 0 heterocycles. The van der Waals surface area contributed by atoms with Crippen LogP contribution in [0.2, 0.25) is 10.0 Å². The van der Waals surface area contributed by atoms with Gasteiger partial charge in [-0.15, -0.1) is 0 Å². The van der Waals surface area contributed by atoms with Gasteiger partial charge in [-0.1, -0.05) is 66.9 Å². The standard InChI is InChI=1S/C24H31Cl2N3O4S/c1-5-12-27-24(31)22(6-2)28(15-18-9-7-8-17(3)13-18)23(30)16-29(34(4,32)33)19-10-11-20(25)21(26)14-19/h7-11,13-14,22H,5-6,12,15-16H2,1-4H3,(H,27,31)/t22-/m0/s1. The van der Waals surface area contributed by atoms with Crippen molar-refractivity contribution in [1.82, 2.24) is 10.2 Å². The molecule has 0 spiro atoms. The maximum atomic E-state index is 13.6. The minimum absolute atomic E-state index is 0.164. The van der Waals surface area contributed by atoms with Crippen molar-refractivity contribution in [3.8, 4) is 0 Å². The Morgan fingerprint density at radius 2 is 1.76 bits per heavy atom. The predicted octanol–water partition coefficient (Wildman–Crippen LogP) is 4.40. The molecule has 34 heavy (non-hydrogen) atoms. The van der Waals surface area contributed by atoms with Gasteiger partial charge in [0.25, 0.3) is 0 Å². The molecule has 0 unspecified atom stereocenters. The number of nitrogens with one attached hydrogen (secondary N) is 1. The van der Waals surface area contributed by atoms with Gasteiger partial charge < -0.3 is 10.2 Å². The van der Waals surface area contributed by atoms with Gasteiger partial charge in [0, 0.05) is 13.1 Å². The highest BCUT2D eigenvalue weighted by atomic mass is 35.5. The van der Waals surface area contributed by atoms with Crippen molar-refractivity contribution in [2.45, 2.75) is 46.2 Å². The Labute approximate surface area is 212 Å². The fraction of sp³-hybridized carbons (Fsp3) is 0.417. The summed E-state index contributed by atoms with van der Waals surface area (Å²) >= 11 is 12.1. The van der Waals surface area contributed by atoms with Gasteiger partial charge in [-0.3, -0.25) is 13.9 Å². The first-order chi connectivity index (χ1) is 16.0. The monoisotopic (exact) mass is 527 g/mol. The zero-order chi connectivity index (χ0) is 25.5. The minimum atomic E-state index is -3.84. The van der Waals surface area contributed by atoms with E-state index in [-0.39, 0.29) is 28.2 Å². The number of rotatable bonds is 11. The van der Waals surface area contributed by atoms with Crippen molar-refractivity contribution in [2.24, 2.45) is 0 Å². The summed E-state index contributed by atoms with van der Waals surface area (Å²) in [6, 6.07) is 11.2. The Hall–Kier alpha value is -2.29. The number of carbonyl (C=O) groups excluding carboxylic acids is 2. The quantitative estimate of drug-likeness (QED) is 0.469. The second-order valence-electron chi connectivity index (χ2n) is 8.09. The van der Waals surface area contributed by atoms with Gasteiger partial charge in [-0.05, 0) is 43.5 Å². The van der Waals surface area contributed by atoms with Crippen LogP contribution in [0.25, 0.3) is 0 Å². The van der Waals surface area contributed by atoms with Gasteiger partial charge in [-0.25, -0.2) is 8.42 Å². The Bertz CT molecular complexity index is 1120. The number of aryl methyl sites for hydroxylation is 1. The Kier molecular flexibility index (Phi) is 10.2. The van der Waals surface area contributed by atoms with E-state index < -0.39 is 28.5 Å². The molecule has 0 aromatic heterocycles. The fourth-order valence-corrected chi connectivity index (χ4v) is 4.68. The number of anilines is 1. The molecule has 0 aliphatic rings. The molecule has 0 aliphatic carbocycles. The third-order valence-electron chi connectivity index (χ3n) is 5.24. The van der Waals surface area contributed by atoms with Crippen molar-refractivity contribution in [1.29, 1.82) is 0 Å². The molecule has 1 N–H and O–H groups in total. The number of nitrogens with zero attached hydrogens (tertiary/aromatic N) is 2. The number of hydrogen-bond acceptors (Lipinski definition) is 4. The van der Waals surface area contributed by atoms with E-state index in [0.29, 0.717) is 13.0 Å². The average molecular weight is 529 g/mol. The highest BCUT2D eigenvalue weighted by molar-refractivity contribution is 7.92.